The van der Waals surface area contributed by atoms with Gasteiger partial charge in [0.1, 0.15) is 0 Å². The Morgan fingerprint density at radius 2 is 2.18 bits per heavy atom. The summed E-state index contributed by atoms with van der Waals surface area (Å²) in [5.74, 6) is -0.904. The van der Waals surface area contributed by atoms with Crippen LogP contribution in [0.5, 0.6) is 0 Å². The molecular weight excluding hydrogens is 146 g/mol. The number of hydrogen-bond acceptors (Lipinski definition) is 3. The fourth-order valence-electron chi connectivity index (χ4n) is 0.659. The monoisotopic (exact) mass is 158 g/mol. The molecule has 0 saturated carbocycles. The highest BCUT2D eigenvalue weighted by atomic mass is 16.5. The molecule has 1 atom stereocenters. The lowest BCUT2D eigenvalue weighted by atomic mass is 9.94. The minimum absolute atomic E-state index is 0.00231. The minimum Gasteiger partial charge on any atom is -0.291 e. The highest BCUT2D eigenvalue weighted by Gasteiger charge is 2.16. The van der Waals surface area contributed by atoms with Crippen LogP contribution in [-0.4, -0.2) is 17.4 Å². The van der Waals surface area contributed by atoms with Gasteiger partial charge in [-0.05, 0) is 5.92 Å². The molecule has 0 saturated heterocycles. The average Bonchev–Trinajstić information content (AvgIpc) is 1.99. The summed E-state index contributed by atoms with van der Waals surface area (Å²) in [6.45, 7) is 3.64. The van der Waals surface area contributed by atoms with Crippen LogP contribution in [0.2, 0.25) is 0 Å². The van der Waals surface area contributed by atoms with Gasteiger partial charge in [0.15, 0.2) is 0 Å². The zero-order valence-corrected chi connectivity index (χ0v) is 6.63. The smallest absolute Gasteiger partial charge is 0.244 e. The summed E-state index contributed by atoms with van der Waals surface area (Å²) in [6.07, 6.45) is 1.74. The SMILES string of the molecule is CC(C)C([C]=O)CC(=O)NO. The summed E-state index contributed by atoms with van der Waals surface area (Å²) >= 11 is 0. The van der Waals surface area contributed by atoms with Crippen molar-refractivity contribution in [2.75, 3.05) is 0 Å². The zero-order valence-electron chi connectivity index (χ0n) is 6.63. The maximum atomic E-state index is 10.5. The Balaban J connectivity index is 3.87. The highest BCUT2D eigenvalue weighted by Crippen LogP contribution is 2.11. The Morgan fingerprint density at radius 3 is 2.45 bits per heavy atom. The van der Waals surface area contributed by atoms with Crippen LogP contribution in [0.15, 0.2) is 0 Å². The summed E-state index contributed by atoms with van der Waals surface area (Å²) in [5, 5.41) is 8.13. The molecule has 0 aliphatic rings. The van der Waals surface area contributed by atoms with Crippen molar-refractivity contribution in [1.29, 1.82) is 0 Å². The lowest BCUT2D eigenvalue weighted by molar-refractivity contribution is -0.130. The molecule has 4 heteroatoms. The van der Waals surface area contributed by atoms with E-state index in [9.17, 15) is 9.59 Å². The third-order valence-electron chi connectivity index (χ3n) is 1.49. The van der Waals surface area contributed by atoms with Crippen LogP contribution in [0.25, 0.3) is 0 Å². The molecule has 0 heterocycles. The van der Waals surface area contributed by atoms with Crippen molar-refractivity contribution in [1.82, 2.24) is 5.48 Å². The lowest BCUT2D eigenvalue weighted by Crippen LogP contribution is -2.24. The van der Waals surface area contributed by atoms with Crippen LogP contribution in [0.4, 0.5) is 0 Å². The van der Waals surface area contributed by atoms with Gasteiger partial charge in [0.05, 0.1) is 0 Å². The van der Waals surface area contributed by atoms with Gasteiger partial charge < -0.3 is 0 Å². The third-order valence-corrected chi connectivity index (χ3v) is 1.49. The third kappa shape index (κ3) is 3.72. The molecule has 63 valence electrons. The van der Waals surface area contributed by atoms with E-state index in [1.54, 1.807) is 6.29 Å². The van der Waals surface area contributed by atoms with Gasteiger partial charge >= 0.3 is 0 Å². The fourth-order valence-corrected chi connectivity index (χ4v) is 0.659. The molecule has 0 aromatic heterocycles. The molecule has 0 rings (SSSR count). The molecule has 11 heavy (non-hydrogen) atoms. The maximum absolute atomic E-state index is 10.5. The van der Waals surface area contributed by atoms with E-state index in [1.165, 1.54) is 5.48 Å². The average molecular weight is 158 g/mol. The Morgan fingerprint density at radius 1 is 1.64 bits per heavy atom. The molecule has 0 aromatic carbocycles. The van der Waals surface area contributed by atoms with E-state index >= 15 is 0 Å². The normalized spacial score (nSPS) is 12.7. The van der Waals surface area contributed by atoms with E-state index in [4.69, 9.17) is 5.21 Å². The minimum atomic E-state index is -0.549. The summed E-state index contributed by atoms with van der Waals surface area (Å²) in [6, 6.07) is 0. The molecule has 0 aromatic rings. The quantitative estimate of drug-likeness (QED) is 0.455. The van der Waals surface area contributed by atoms with Crippen molar-refractivity contribution in [3.8, 4) is 0 Å². The molecule has 2 N–H and O–H groups in total. The number of nitrogens with one attached hydrogen (secondary N) is 1. The van der Waals surface area contributed by atoms with Crippen LogP contribution < -0.4 is 5.48 Å². The van der Waals surface area contributed by atoms with Crippen molar-refractivity contribution in [3.05, 3.63) is 0 Å². The Bertz CT molecular complexity index is 145. The first-order valence-electron chi connectivity index (χ1n) is 3.42. The van der Waals surface area contributed by atoms with E-state index in [0.29, 0.717) is 0 Å². The van der Waals surface area contributed by atoms with Crippen LogP contribution in [0, 0.1) is 11.8 Å². The molecule has 0 bridgehead atoms. The van der Waals surface area contributed by atoms with Crippen molar-refractivity contribution < 1.29 is 14.8 Å². The second kappa shape index (κ2) is 4.85. The number of carbonyl (C=O) groups excluding carboxylic acids is 2. The molecule has 0 spiro atoms. The highest BCUT2D eigenvalue weighted by molar-refractivity contribution is 5.78. The molecule has 4 nitrogen and oxygen atoms in total. The Hall–Kier alpha value is -0.900. The summed E-state index contributed by atoms with van der Waals surface area (Å²) in [5.41, 5.74) is 1.47. The topological polar surface area (TPSA) is 66.4 Å². The molecule has 0 aliphatic heterocycles. The molecule has 1 radical (unpaired) electrons. The van der Waals surface area contributed by atoms with E-state index in [1.807, 2.05) is 13.8 Å². The van der Waals surface area contributed by atoms with Crippen LogP contribution in [0.3, 0.4) is 0 Å². The number of hydrogen-bond donors (Lipinski definition) is 2. The van der Waals surface area contributed by atoms with Crippen LogP contribution in [0.1, 0.15) is 20.3 Å². The van der Waals surface area contributed by atoms with E-state index in [0.717, 1.165) is 0 Å². The molecular formula is C7H12NO3. The summed E-state index contributed by atoms with van der Waals surface area (Å²) < 4.78 is 0. The van der Waals surface area contributed by atoms with Crippen LogP contribution in [-0.2, 0) is 9.59 Å². The number of hydroxylamine groups is 1. The number of amides is 1. The van der Waals surface area contributed by atoms with E-state index in [2.05, 4.69) is 0 Å². The molecule has 0 fully saturated rings. The first-order valence-corrected chi connectivity index (χ1v) is 3.42. The maximum Gasteiger partial charge on any atom is 0.244 e. The van der Waals surface area contributed by atoms with Gasteiger partial charge in [-0.15, -0.1) is 0 Å². The van der Waals surface area contributed by atoms with Gasteiger partial charge in [0.2, 0.25) is 12.2 Å². The second-order valence-corrected chi connectivity index (χ2v) is 2.71. The van der Waals surface area contributed by atoms with Gasteiger partial charge in [-0.3, -0.25) is 14.8 Å². The van der Waals surface area contributed by atoms with Crippen molar-refractivity contribution in [2.45, 2.75) is 20.3 Å². The number of carbonyl (C=O) groups is 1. The fraction of sp³-hybridized carbons (Fsp3) is 0.714. The zero-order chi connectivity index (χ0) is 8.85. The van der Waals surface area contributed by atoms with Crippen LogP contribution >= 0.6 is 0 Å². The van der Waals surface area contributed by atoms with Gasteiger partial charge in [-0.1, -0.05) is 13.8 Å². The first kappa shape index (κ1) is 10.1. The predicted octanol–water partition coefficient (Wildman–Crippen LogP) is 0.264. The predicted molar refractivity (Wildman–Crippen MR) is 38.6 cm³/mol. The van der Waals surface area contributed by atoms with Gasteiger partial charge in [-0.2, -0.15) is 0 Å². The Labute approximate surface area is 65.6 Å². The van der Waals surface area contributed by atoms with Crippen molar-refractivity contribution in [2.24, 2.45) is 11.8 Å². The Kier molecular flexibility index (Phi) is 4.45. The number of rotatable bonds is 4. The lowest BCUT2D eigenvalue weighted by Gasteiger charge is -2.10. The first-order chi connectivity index (χ1) is 5.11. The molecule has 1 unspecified atom stereocenters. The standard InChI is InChI=1S/C7H12NO3/c1-5(2)6(4-9)3-7(10)8-11/h5-6,11H,3H2,1-2H3,(H,8,10). The summed E-state index contributed by atoms with van der Waals surface area (Å²) in [7, 11) is 0. The summed E-state index contributed by atoms with van der Waals surface area (Å²) in [4.78, 5) is 20.8. The molecule has 1 amide bonds. The van der Waals surface area contributed by atoms with E-state index < -0.39 is 11.8 Å². The van der Waals surface area contributed by atoms with Gasteiger partial charge in [0, 0.05) is 12.3 Å². The second-order valence-electron chi connectivity index (χ2n) is 2.71. The largest absolute Gasteiger partial charge is 0.291 e. The molecule has 0 aliphatic carbocycles. The van der Waals surface area contributed by atoms with Gasteiger partial charge in [0.25, 0.3) is 0 Å². The van der Waals surface area contributed by atoms with Crippen molar-refractivity contribution in [3.63, 3.8) is 0 Å². The van der Waals surface area contributed by atoms with Crippen molar-refractivity contribution >= 4 is 12.2 Å². The van der Waals surface area contributed by atoms with Gasteiger partial charge in [-0.25, -0.2) is 5.48 Å². The van der Waals surface area contributed by atoms with E-state index in [-0.39, 0.29) is 12.3 Å².